The molecule has 1 aromatic heterocycles. The molecule has 2 heterocycles. The maximum Gasteiger partial charge on any atom is 0.338 e. The third kappa shape index (κ3) is 1.74. The minimum Gasteiger partial charge on any atom is -0.478 e. The molecule has 0 atom stereocenters. The first-order valence-electron chi connectivity index (χ1n) is 4.66. The van der Waals surface area contributed by atoms with Crippen molar-refractivity contribution in [3.05, 3.63) is 28.0 Å². The molecule has 1 aromatic rings. The van der Waals surface area contributed by atoms with E-state index in [-0.39, 0.29) is 16.6 Å². The molecule has 2 rings (SSSR count). The van der Waals surface area contributed by atoms with Crippen molar-refractivity contribution >= 4 is 23.5 Å². The molecule has 0 aromatic carbocycles. The molecule has 0 saturated carbocycles. The lowest BCUT2D eigenvalue weighted by Gasteiger charge is -2.10. The molecule has 1 aliphatic rings. The Labute approximate surface area is 96.7 Å². The van der Waals surface area contributed by atoms with E-state index < -0.39 is 5.97 Å². The first kappa shape index (κ1) is 10.9. The molecule has 16 heavy (non-hydrogen) atoms. The second-order valence-corrected chi connectivity index (χ2v) is 3.97. The van der Waals surface area contributed by atoms with Crippen molar-refractivity contribution < 1.29 is 14.7 Å². The van der Waals surface area contributed by atoms with Gasteiger partial charge < -0.3 is 10.0 Å². The number of hydrogen-bond acceptors (Lipinski definition) is 3. The fraction of sp³-hybridized carbons (Fsp3) is 0.300. The van der Waals surface area contributed by atoms with E-state index in [1.807, 2.05) is 0 Å². The number of carboxylic acids is 1. The Hall–Kier alpha value is -1.62. The molecule has 0 saturated heterocycles. The van der Waals surface area contributed by atoms with Gasteiger partial charge in [0.25, 0.3) is 0 Å². The van der Waals surface area contributed by atoms with E-state index in [0.717, 1.165) is 5.56 Å². The Balaban J connectivity index is 2.40. The maximum atomic E-state index is 11.2. The van der Waals surface area contributed by atoms with Crippen LogP contribution in [0.1, 0.15) is 28.5 Å². The highest BCUT2D eigenvalue weighted by Crippen LogP contribution is 2.25. The van der Waals surface area contributed by atoms with E-state index in [1.54, 1.807) is 4.90 Å². The van der Waals surface area contributed by atoms with Gasteiger partial charge in [0.05, 0.1) is 17.8 Å². The number of amides is 1. The highest BCUT2D eigenvalue weighted by atomic mass is 35.5. The minimum absolute atomic E-state index is 0.0224. The number of pyridine rings is 1. The predicted molar refractivity (Wildman–Crippen MR) is 56.1 cm³/mol. The van der Waals surface area contributed by atoms with E-state index in [2.05, 4.69) is 4.98 Å². The topological polar surface area (TPSA) is 70.5 Å². The molecule has 5 nitrogen and oxygen atoms in total. The van der Waals surface area contributed by atoms with Gasteiger partial charge in [-0.25, -0.2) is 9.78 Å². The third-order valence-corrected chi connectivity index (χ3v) is 2.81. The number of carbonyl (C=O) groups is 2. The number of aromatic carboxylic acids is 1. The summed E-state index contributed by atoms with van der Waals surface area (Å²) in [6, 6.07) is 1.48. The molecule has 0 aliphatic carbocycles. The zero-order valence-corrected chi connectivity index (χ0v) is 9.28. The Morgan fingerprint density at radius 1 is 1.50 bits per heavy atom. The van der Waals surface area contributed by atoms with Crippen LogP contribution in [0.4, 0.5) is 0 Å². The quantitative estimate of drug-likeness (QED) is 0.751. The smallest absolute Gasteiger partial charge is 0.338 e. The summed E-state index contributed by atoms with van der Waals surface area (Å²) in [6.45, 7) is 2.25. The van der Waals surface area contributed by atoms with Crippen LogP contribution >= 0.6 is 11.6 Å². The van der Waals surface area contributed by atoms with Crippen molar-refractivity contribution in [2.24, 2.45) is 0 Å². The van der Waals surface area contributed by atoms with Gasteiger partial charge in [-0.15, -0.1) is 0 Å². The molecule has 0 unspecified atom stereocenters. The van der Waals surface area contributed by atoms with Crippen molar-refractivity contribution in [3.63, 3.8) is 0 Å². The Kier molecular flexibility index (Phi) is 2.55. The lowest BCUT2D eigenvalue weighted by atomic mass is 10.1. The van der Waals surface area contributed by atoms with E-state index >= 15 is 0 Å². The molecule has 0 spiro atoms. The van der Waals surface area contributed by atoms with Crippen LogP contribution in [0.2, 0.25) is 5.15 Å². The molecule has 1 N–H and O–H groups in total. The average molecular weight is 241 g/mol. The zero-order chi connectivity index (χ0) is 11.9. The van der Waals surface area contributed by atoms with Crippen LogP contribution < -0.4 is 0 Å². The summed E-state index contributed by atoms with van der Waals surface area (Å²) >= 11 is 5.73. The molecule has 84 valence electrons. The molecule has 1 aliphatic heterocycles. The molecular formula is C10H9ClN2O3. The number of aromatic nitrogens is 1. The molecule has 1 amide bonds. The number of rotatable bonds is 1. The van der Waals surface area contributed by atoms with Crippen LogP contribution in [0.3, 0.4) is 0 Å². The standard InChI is InChI=1S/C10H9ClN2O3/c1-5(14)13-3-6-2-7(10(15)16)9(11)12-8(6)4-13/h2H,3-4H2,1H3,(H,15,16). The summed E-state index contributed by atoms with van der Waals surface area (Å²) in [5.74, 6) is -1.17. The first-order valence-corrected chi connectivity index (χ1v) is 5.04. The largest absolute Gasteiger partial charge is 0.478 e. The maximum absolute atomic E-state index is 11.2. The minimum atomic E-state index is -1.11. The number of carboxylic acid groups (broad SMARTS) is 1. The zero-order valence-electron chi connectivity index (χ0n) is 8.53. The monoisotopic (exact) mass is 240 g/mol. The van der Waals surface area contributed by atoms with Crippen LogP contribution in [0, 0.1) is 0 Å². The fourth-order valence-corrected chi connectivity index (χ4v) is 1.89. The Morgan fingerprint density at radius 2 is 2.19 bits per heavy atom. The lowest BCUT2D eigenvalue weighted by molar-refractivity contribution is -0.129. The van der Waals surface area contributed by atoms with Crippen molar-refractivity contribution in [1.82, 2.24) is 9.88 Å². The highest BCUT2D eigenvalue weighted by molar-refractivity contribution is 6.32. The van der Waals surface area contributed by atoms with Crippen LogP contribution in [-0.4, -0.2) is 26.9 Å². The predicted octanol–water partition coefficient (Wildman–Crippen LogP) is 1.30. The number of fused-ring (bicyclic) bond motifs is 1. The van der Waals surface area contributed by atoms with Crippen LogP contribution in [0.25, 0.3) is 0 Å². The SMILES string of the molecule is CC(=O)N1Cc2cc(C(=O)O)c(Cl)nc2C1. The Bertz CT molecular complexity index is 487. The van der Waals surface area contributed by atoms with Crippen molar-refractivity contribution in [1.29, 1.82) is 0 Å². The molecule has 0 bridgehead atoms. The summed E-state index contributed by atoms with van der Waals surface area (Å²) in [5, 5.41) is 8.84. The third-order valence-electron chi connectivity index (χ3n) is 2.52. The van der Waals surface area contributed by atoms with Gasteiger partial charge in [-0.05, 0) is 11.6 Å². The van der Waals surface area contributed by atoms with Crippen LogP contribution in [-0.2, 0) is 17.9 Å². The first-order chi connectivity index (χ1) is 7.49. The van der Waals surface area contributed by atoms with Crippen molar-refractivity contribution in [2.75, 3.05) is 0 Å². The number of hydrogen-bond donors (Lipinski definition) is 1. The molecule has 6 heteroatoms. The van der Waals surface area contributed by atoms with Gasteiger partial charge in [0.1, 0.15) is 5.15 Å². The van der Waals surface area contributed by atoms with Crippen molar-refractivity contribution in [2.45, 2.75) is 20.0 Å². The van der Waals surface area contributed by atoms with E-state index in [4.69, 9.17) is 16.7 Å². The normalized spacial score (nSPS) is 13.8. The van der Waals surface area contributed by atoms with E-state index in [0.29, 0.717) is 18.8 Å². The average Bonchev–Trinajstić information content (AvgIpc) is 2.58. The second kappa shape index (κ2) is 3.75. The highest BCUT2D eigenvalue weighted by Gasteiger charge is 2.25. The van der Waals surface area contributed by atoms with Crippen LogP contribution in [0.15, 0.2) is 6.07 Å². The summed E-state index contributed by atoms with van der Waals surface area (Å²) in [4.78, 5) is 27.6. The van der Waals surface area contributed by atoms with Gasteiger partial charge in [-0.1, -0.05) is 11.6 Å². The summed E-state index contributed by atoms with van der Waals surface area (Å²) in [6.07, 6.45) is 0. The summed E-state index contributed by atoms with van der Waals surface area (Å²) < 4.78 is 0. The molecule has 0 fully saturated rings. The van der Waals surface area contributed by atoms with Gasteiger partial charge in [-0.3, -0.25) is 4.79 Å². The lowest BCUT2D eigenvalue weighted by Crippen LogP contribution is -2.21. The summed E-state index contributed by atoms with van der Waals surface area (Å²) in [5.41, 5.74) is 1.40. The Morgan fingerprint density at radius 3 is 2.75 bits per heavy atom. The van der Waals surface area contributed by atoms with Crippen LogP contribution in [0.5, 0.6) is 0 Å². The number of carbonyl (C=O) groups excluding carboxylic acids is 1. The number of nitrogens with zero attached hydrogens (tertiary/aromatic N) is 2. The van der Waals surface area contributed by atoms with Gasteiger partial charge >= 0.3 is 5.97 Å². The fourth-order valence-electron chi connectivity index (χ4n) is 1.66. The van der Waals surface area contributed by atoms with E-state index in [9.17, 15) is 9.59 Å². The number of halogens is 1. The molecular weight excluding hydrogens is 232 g/mol. The summed E-state index contributed by atoms with van der Waals surface area (Å²) in [7, 11) is 0. The van der Waals surface area contributed by atoms with Gasteiger partial charge in [0.2, 0.25) is 5.91 Å². The van der Waals surface area contributed by atoms with E-state index in [1.165, 1.54) is 13.0 Å². The second-order valence-electron chi connectivity index (χ2n) is 3.61. The molecule has 0 radical (unpaired) electrons. The van der Waals surface area contributed by atoms with Gasteiger partial charge in [-0.2, -0.15) is 0 Å². The van der Waals surface area contributed by atoms with Gasteiger partial charge in [0.15, 0.2) is 0 Å². The van der Waals surface area contributed by atoms with Gasteiger partial charge in [0, 0.05) is 13.5 Å². The van der Waals surface area contributed by atoms with Crippen molar-refractivity contribution in [3.8, 4) is 0 Å².